The number of rotatable bonds is 7. The highest BCUT2D eigenvalue weighted by Crippen LogP contribution is 2.16. The fraction of sp³-hybridized carbons (Fsp3) is 0.600. The van der Waals surface area contributed by atoms with Crippen LogP contribution in [0, 0.1) is 5.92 Å². The SMILES string of the molecule is [2H][C@@H](c1ccccc1)[C@@H](CCCC)CN(C)C. The summed E-state index contributed by atoms with van der Waals surface area (Å²) in [5.41, 5.74) is 1.15. The van der Waals surface area contributed by atoms with Crippen molar-refractivity contribution >= 4 is 0 Å². The molecule has 1 rings (SSSR count). The minimum absolute atomic E-state index is 0.0925. The van der Waals surface area contributed by atoms with E-state index in [0.29, 0.717) is 5.92 Å². The molecule has 1 heteroatoms. The summed E-state index contributed by atoms with van der Waals surface area (Å²) in [7, 11) is 4.19. The Hall–Kier alpha value is -0.820. The number of hydrogen-bond donors (Lipinski definition) is 0. The maximum atomic E-state index is 8.42. The van der Waals surface area contributed by atoms with Gasteiger partial charge in [-0.15, -0.1) is 0 Å². The predicted octanol–water partition coefficient (Wildman–Crippen LogP) is 3.60. The molecule has 0 amide bonds. The fourth-order valence-electron chi connectivity index (χ4n) is 2.00. The van der Waals surface area contributed by atoms with Gasteiger partial charge in [-0.25, -0.2) is 0 Å². The number of unbranched alkanes of at least 4 members (excludes halogenated alkanes) is 1. The van der Waals surface area contributed by atoms with Crippen molar-refractivity contribution in [2.45, 2.75) is 32.6 Å². The molecule has 0 aliphatic heterocycles. The Morgan fingerprint density at radius 1 is 1.25 bits per heavy atom. The second-order valence-corrected chi connectivity index (χ2v) is 4.74. The summed E-state index contributed by atoms with van der Waals surface area (Å²) in [6.45, 7) is 3.22. The lowest BCUT2D eigenvalue weighted by molar-refractivity contribution is 0.305. The highest BCUT2D eigenvalue weighted by atomic mass is 15.1. The van der Waals surface area contributed by atoms with E-state index < -0.39 is 0 Å². The molecule has 0 bridgehead atoms. The van der Waals surface area contributed by atoms with Crippen molar-refractivity contribution in [2.75, 3.05) is 20.6 Å². The van der Waals surface area contributed by atoms with Crippen LogP contribution in [0.1, 0.15) is 33.1 Å². The minimum atomic E-state index is -0.0925. The molecule has 1 nitrogen and oxygen atoms in total. The Morgan fingerprint density at radius 2 is 1.94 bits per heavy atom. The fourth-order valence-corrected chi connectivity index (χ4v) is 2.00. The number of benzene rings is 1. The van der Waals surface area contributed by atoms with Crippen LogP contribution in [-0.2, 0) is 6.40 Å². The average molecular weight is 220 g/mol. The topological polar surface area (TPSA) is 3.24 Å². The van der Waals surface area contributed by atoms with Crippen molar-refractivity contribution in [3.63, 3.8) is 0 Å². The molecule has 0 unspecified atom stereocenters. The van der Waals surface area contributed by atoms with Gasteiger partial charge in [0.1, 0.15) is 0 Å². The molecule has 0 spiro atoms. The average Bonchev–Trinajstić information content (AvgIpc) is 2.34. The molecular weight excluding hydrogens is 194 g/mol. The summed E-state index contributed by atoms with van der Waals surface area (Å²) in [5, 5.41) is 0. The quantitative estimate of drug-likeness (QED) is 0.678. The first-order chi connectivity index (χ1) is 8.15. The van der Waals surface area contributed by atoms with Gasteiger partial charge in [-0.2, -0.15) is 0 Å². The first-order valence-electron chi connectivity index (χ1n) is 6.84. The molecule has 0 radical (unpaired) electrons. The van der Waals surface area contributed by atoms with E-state index >= 15 is 0 Å². The van der Waals surface area contributed by atoms with Crippen molar-refractivity contribution in [2.24, 2.45) is 5.92 Å². The largest absolute Gasteiger partial charge is 0.309 e. The second kappa shape index (κ2) is 7.45. The summed E-state index contributed by atoms with van der Waals surface area (Å²) >= 11 is 0. The first-order valence-corrected chi connectivity index (χ1v) is 6.27. The molecular formula is C15H25N. The Balaban J connectivity index is 2.68. The predicted molar refractivity (Wildman–Crippen MR) is 71.7 cm³/mol. The van der Waals surface area contributed by atoms with Gasteiger partial charge in [-0.3, -0.25) is 0 Å². The van der Waals surface area contributed by atoms with Crippen LogP contribution in [0.5, 0.6) is 0 Å². The van der Waals surface area contributed by atoms with Gasteiger partial charge in [0.15, 0.2) is 0 Å². The van der Waals surface area contributed by atoms with Crippen LogP contribution >= 0.6 is 0 Å². The molecule has 0 heterocycles. The molecule has 2 atom stereocenters. The van der Waals surface area contributed by atoms with Crippen molar-refractivity contribution in [3.05, 3.63) is 35.9 Å². The summed E-state index contributed by atoms with van der Waals surface area (Å²) in [6, 6.07) is 10.2. The molecule has 0 aliphatic rings. The Bertz CT molecular complexity index is 297. The molecule has 0 aromatic heterocycles. The van der Waals surface area contributed by atoms with Gasteiger partial charge < -0.3 is 4.90 Å². The highest BCUT2D eigenvalue weighted by molar-refractivity contribution is 5.15. The van der Waals surface area contributed by atoms with Gasteiger partial charge >= 0.3 is 0 Å². The van der Waals surface area contributed by atoms with Crippen molar-refractivity contribution < 1.29 is 1.37 Å². The van der Waals surface area contributed by atoms with Gasteiger partial charge in [-0.1, -0.05) is 50.1 Å². The lowest BCUT2D eigenvalue weighted by Gasteiger charge is -2.21. The van der Waals surface area contributed by atoms with E-state index in [4.69, 9.17) is 1.37 Å². The van der Waals surface area contributed by atoms with E-state index in [0.717, 1.165) is 18.5 Å². The molecule has 16 heavy (non-hydrogen) atoms. The summed E-state index contributed by atoms with van der Waals surface area (Å²) in [6.07, 6.45) is 3.49. The van der Waals surface area contributed by atoms with E-state index in [-0.39, 0.29) is 6.40 Å². The van der Waals surface area contributed by atoms with Crippen LogP contribution in [0.15, 0.2) is 30.3 Å². The van der Waals surface area contributed by atoms with Crippen molar-refractivity contribution in [3.8, 4) is 0 Å². The van der Waals surface area contributed by atoms with Crippen LogP contribution < -0.4 is 0 Å². The zero-order valence-corrected chi connectivity index (χ0v) is 10.8. The van der Waals surface area contributed by atoms with Crippen LogP contribution in [0.2, 0.25) is 0 Å². The normalized spacial score (nSPS) is 15.9. The molecule has 0 saturated heterocycles. The van der Waals surface area contributed by atoms with E-state index in [2.05, 4.69) is 38.1 Å². The maximum absolute atomic E-state index is 8.42. The van der Waals surface area contributed by atoms with Crippen molar-refractivity contribution in [1.82, 2.24) is 4.90 Å². The molecule has 1 aromatic carbocycles. The van der Waals surface area contributed by atoms with Gasteiger partial charge in [0, 0.05) is 7.92 Å². The van der Waals surface area contributed by atoms with E-state index in [1.54, 1.807) is 0 Å². The zero-order chi connectivity index (χ0) is 12.7. The van der Waals surface area contributed by atoms with E-state index in [1.807, 2.05) is 18.2 Å². The Kier molecular flexibility index (Phi) is 5.43. The van der Waals surface area contributed by atoms with Crippen LogP contribution in [0.25, 0.3) is 0 Å². The minimum Gasteiger partial charge on any atom is -0.309 e. The third-order valence-corrected chi connectivity index (χ3v) is 2.76. The summed E-state index contributed by atoms with van der Waals surface area (Å²) < 4.78 is 8.42. The lowest BCUT2D eigenvalue weighted by atomic mass is 9.94. The molecule has 0 fully saturated rings. The molecule has 0 N–H and O–H groups in total. The van der Waals surface area contributed by atoms with Gasteiger partial charge in [0.2, 0.25) is 0 Å². The first kappa shape index (κ1) is 11.7. The smallest absolute Gasteiger partial charge is 0.0319 e. The van der Waals surface area contributed by atoms with E-state index in [1.165, 1.54) is 12.8 Å². The third-order valence-electron chi connectivity index (χ3n) is 2.76. The molecule has 90 valence electrons. The third kappa shape index (κ3) is 5.32. The number of nitrogens with zero attached hydrogens (tertiary/aromatic N) is 1. The monoisotopic (exact) mass is 220 g/mol. The second-order valence-electron chi connectivity index (χ2n) is 4.74. The molecule has 1 aromatic rings. The van der Waals surface area contributed by atoms with Crippen LogP contribution in [-0.4, -0.2) is 25.5 Å². The lowest BCUT2D eigenvalue weighted by Crippen LogP contribution is -2.23. The van der Waals surface area contributed by atoms with Crippen molar-refractivity contribution in [1.29, 1.82) is 0 Å². The standard InChI is InChI=1S/C15H25N/c1-4-5-9-15(13-16(2)3)12-14-10-7-6-8-11-14/h6-8,10-11,15H,4-5,9,12-13H2,1-3H3/t15-/m1/s1/i12D/t12-,15+/m0. The van der Waals surface area contributed by atoms with E-state index in [9.17, 15) is 0 Å². The van der Waals surface area contributed by atoms with Gasteiger partial charge in [-0.05, 0) is 38.4 Å². The van der Waals surface area contributed by atoms with Gasteiger partial charge in [0.05, 0.1) is 0 Å². The van der Waals surface area contributed by atoms with Crippen LogP contribution in [0.3, 0.4) is 0 Å². The highest BCUT2D eigenvalue weighted by Gasteiger charge is 2.10. The summed E-state index contributed by atoms with van der Waals surface area (Å²) in [4.78, 5) is 2.20. The Morgan fingerprint density at radius 3 is 2.50 bits per heavy atom. The molecule has 0 saturated carbocycles. The molecule has 0 aliphatic carbocycles. The van der Waals surface area contributed by atoms with Gasteiger partial charge in [0.25, 0.3) is 0 Å². The summed E-state index contributed by atoms with van der Waals surface area (Å²) in [5.74, 6) is 0.437. The zero-order valence-electron chi connectivity index (χ0n) is 11.8. The van der Waals surface area contributed by atoms with Crippen LogP contribution in [0.4, 0.5) is 0 Å². The number of hydrogen-bond acceptors (Lipinski definition) is 1. The maximum Gasteiger partial charge on any atom is 0.0319 e. The Labute approximate surface area is 102 Å².